The van der Waals surface area contributed by atoms with Crippen molar-refractivity contribution in [2.24, 2.45) is 23.7 Å². The summed E-state index contributed by atoms with van der Waals surface area (Å²) in [6, 6.07) is 1.89. The molecule has 1 saturated heterocycles. The van der Waals surface area contributed by atoms with Gasteiger partial charge in [0.05, 0.1) is 49.2 Å². The number of nitrogens with zero attached hydrogens (tertiary/aromatic N) is 2. The summed E-state index contributed by atoms with van der Waals surface area (Å²) in [5.41, 5.74) is 0.883. The summed E-state index contributed by atoms with van der Waals surface area (Å²) in [6.07, 6.45) is 1.20. The first-order valence-corrected chi connectivity index (χ1v) is 10.5. The Morgan fingerprint density at radius 2 is 2.03 bits per heavy atom. The van der Waals surface area contributed by atoms with Crippen LogP contribution in [0.1, 0.15) is 32.1 Å². The molecule has 3 aliphatic rings. The molecule has 0 radical (unpaired) electrons. The van der Waals surface area contributed by atoms with E-state index in [4.69, 9.17) is 14.6 Å². The minimum absolute atomic E-state index is 0.0597. The number of halogens is 3. The van der Waals surface area contributed by atoms with Gasteiger partial charge in [-0.05, 0) is 38.0 Å². The Bertz CT molecular complexity index is 752. The van der Waals surface area contributed by atoms with E-state index in [0.717, 1.165) is 5.69 Å². The predicted molar refractivity (Wildman–Crippen MR) is 102 cm³/mol. The number of anilines is 1. The van der Waals surface area contributed by atoms with Crippen LogP contribution in [0.2, 0.25) is 0 Å². The van der Waals surface area contributed by atoms with Crippen molar-refractivity contribution in [2.75, 3.05) is 31.2 Å². The maximum Gasteiger partial charge on any atom is 0.391 e. The second-order valence-corrected chi connectivity index (χ2v) is 8.65. The standard InChI is InChI=1S/C21H27F3N2O4/c22-21(23,24)14-3-1-13(2-4-14)12-30-16-7-15(9-25-10-16)26-5-6-29-19(11-26)17-8-18(17)20(27)28/h7,9-10,13-14,17-19H,1-6,8,11-12H2,(H,27,28). The van der Waals surface area contributed by atoms with Crippen LogP contribution in [-0.2, 0) is 9.53 Å². The van der Waals surface area contributed by atoms with E-state index in [1.54, 1.807) is 12.4 Å². The molecular formula is C21H27F3N2O4. The molecule has 3 fully saturated rings. The summed E-state index contributed by atoms with van der Waals surface area (Å²) in [4.78, 5) is 17.5. The molecule has 1 aromatic rings. The number of hydrogen-bond donors (Lipinski definition) is 1. The van der Waals surface area contributed by atoms with Gasteiger partial charge in [-0.2, -0.15) is 13.2 Å². The minimum atomic E-state index is -4.09. The fraction of sp³-hybridized carbons (Fsp3) is 0.714. The minimum Gasteiger partial charge on any atom is -0.492 e. The number of ether oxygens (including phenoxy) is 2. The lowest BCUT2D eigenvalue weighted by Crippen LogP contribution is -2.44. The molecule has 4 rings (SSSR count). The van der Waals surface area contributed by atoms with Gasteiger partial charge in [0.1, 0.15) is 5.75 Å². The van der Waals surface area contributed by atoms with Crippen molar-refractivity contribution >= 4 is 11.7 Å². The van der Waals surface area contributed by atoms with E-state index in [1.807, 2.05) is 6.07 Å². The van der Waals surface area contributed by atoms with Gasteiger partial charge in [-0.15, -0.1) is 0 Å². The molecule has 0 bridgehead atoms. The predicted octanol–water partition coefficient (Wildman–Crippen LogP) is 3.76. The zero-order valence-electron chi connectivity index (χ0n) is 16.7. The van der Waals surface area contributed by atoms with Crippen molar-refractivity contribution in [3.63, 3.8) is 0 Å². The highest BCUT2D eigenvalue weighted by Gasteiger charge is 2.49. The Hall–Kier alpha value is -2.03. The molecule has 9 heteroatoms. The van der Waals surface area contributed by atoms with Crippen LogP contribution in [0.4, 0.5) is 18.9 Å². The number of carboxylic acid groups (broad SMARTS) is 1. The molecule has 3 unspecified atom stereocenters. The lowest BCUT2D eigenvalue weighted by Gasteiger charge is -2.34. The number of carboxylic acids is 1. The summed E-state index contributed by atoms with van der Waals surface area (Å²) in [7, 11) is 0. The van der Waals surface area contributed by atoms with E-state index >= 15 is 0 Å². The molecule has 30 heavy (non-hydrogen) atoms. The fourth-order valence-electron chi connectivity index (χ4n) is 4.61. The van der Waals surface area contributed by atoms with Crippen LogP contribution in [0.5, 0.6) is 5.75 Å². The summed E-state index contributed by atoms with van der Waals surface area (Å²) in [6.45, 7) is 2.22. The normalized spacial score (nSPS) is 32.0. The van der Waals surface area contributed by atoms with E-state index in [9.17, 15) is 18.0 Å². The van der Waals surface area contributed by atoms with Gasteiger partial charge < -0.3 is 19.5 Å². The van der Waals surface area contributed by atoms with Gasteiger partial charge in [0.2, 0.25) is 0 Å². The molecule has 0 amide bonds. The first kappa shape index (κ1) is 21.2. The third-order valence-corrected chi connectivity index (χ3v) is 6.59. The summed E-state index contributed by atoms with van der Waals surface area (Å²) >= 11 is 0. The van der Waals surface area contributed by atoms with Crippen molar-refractivity contribution in [2.45, 2.75) is 44.4 Å². The molecule has 1 N–H and O–H groups in total. The van der Waals surface area contributed by atoms with Gasteiger partial charge >= 0.3 is 12.1 Å². The zero-order chi connectivity index (χ0) is 21.3. The SMILES string of the molecule is O=C(O)C1CC1C1CN(c2cncc(OCC3CCC(C(F)(F)F)CC3)c2)CCO1. The van der Waals surface area contributed by atoms with Crippen LogP contribution in [0.25, 0.3) is 0 Å². The summed E-state index contributed by atoms with van der Waals surface area (Å²) < 4.78 is 50.0. The first-order valence-electron chi connectivity index (χ1n) is 10.5. The Kier molecular flexibility index (Phi) is 6.09. The average molecular weight is 428 g/mol. The van der Waals surface area contributed by atoms with E-state index in [2.05, 4.69) is 9.88 Å². The molecular weight excluding hydrogens is 401 g/mol. The maximum absolute atomic E-state index is 12.8. The smallest absolute Gasteiger partial charge is 0.391 e. The second-order valence-electron chi connectivity index (χ2n) is 8.65. The van der Waals surface area contributed by atoms with Crippen molar-refractivity contribution < 1.29 is 32.5 Å². The van der Waals surface area contributed by atoms with Gasteiger partial charge in [-0.1, -0.05) is 0 Å². The number of rotatable bonds is 6. The molecule has 6 nitrogen and oxygen atoms in total. The number of morpholine rings is 1. The molecule has 1 aromatic heterocycles. The summed E-state index contributed by atoms with van der Waals surface area (Å²) in [5, 5.41) is 9.14. The van der Waals surface area contributed by atoms with E-state index < -0.39 is 18.1 Å². The van der Waals surface area contributed by atoms with Crippen LogP contribution in [0, 0.1) is 23.7 Å². The molecule has 0 aromatic carbocycles. The first-order chi connectivity index (χ1) is 14.3. The highest BCUT2D eigenvalue weighted by Crippen LogP contribution is 2.44. The van der Waals surface area contributed by atoms with Crippen LogP contribution in [0.15, 0.2) is 18.5 Å². The Labute approximate surface area is 173 Å². The number of alkyl halides is 3. The third-order valence-electron chi connectivity index (χ3n) is 6.59. The molecule has 1 aliphatic heterocycles. The van der Waals surface area contributed by atoms with Gasteiger partial charge in [0.25, 0.3) is 0 Å². The van der Waals surface area contributed by atoms with Crippen molar-refractivity contribution in [3.8, 4) is 5.75 Å². The average Bonchev–Trinajstić information content (AvgIpc) is 3.54. The number of hydrogen-bond acceptors (Lipinski definition) is 5. The fourth-order valence-corrected chi connectivity index (χ4v) is 4.61. The summed E-state index contributed by atoms with van der Waals surface area (Å²) in [5.74, 6) is -1.46. The van der Waals surface area contributed by atoms with Crippen molar-refractivity contribution in [1.82, 2.24) is 4.98 Å². The topological polar surface area (TPSA) is 71.9 Å². The monoisotopic (exact) mass is 428 g/mol. The van der Waals surface area contributed by atoms with Crippen LogP contribution in [-0.4, -0.2) is 54.6 Å². The zero-order valence-corrected chi connectivity index (χ0v) is 16.7. The Morgan fingerprint density at radius 1 is 1.27 bits per heavy atom. The Balaban J connectivity index is 1.28. The van der Waals surface area contributed by atoms with Crippen molar-refractivity contribution in [3.05, 3.63) is 18.5 Å². The second kappa shape index (κ2) is 8.61. The van der Waals surface area contributed by atoms with E-state index in [1.165, 1.54) is 0 Å². The molecule has 2 aliphatic carbocycles. The van der Waals surface area contributed by atoms with Gasteiger partial charge in [0, 0.05) is 25.1 Å². The van der Waals surface area contributed by atoms with E-state index in [-0.39, 0.29) is 36.7 Å². The number of carbonyl (C=O) groups is 1. The maximum atomic E-state index is 12.8. The highest BCUT2D eigenvalue weighted by molar-refractivity contribution is 5.73. The number of aromatic nitrogens is 1. The molecule has 3 atom stereocenters. The van der Waals surface area contributed by atoms with Crippen LogP contribution >= 0.6 is 0 Å². The molecule has 2 heterocycles. The van der Waals surface area contributed by atoms with Gasteiger partial charge in [0.15, 0.2) is 0 Å². The Morgan fingerprint density at radius 3 is 2.70 bits per heavy atom. The highest BCUT2D eigenvalue weighted by atomic mass is 19.4. The number of pyridine rings is 1. The quantitative estimate of drug-likeness (QED) is 0.744. The number of aliphatic carboxylic acids is 1. The molecule has 0 spiro atoms. The molecule has 2 saturated carbocycles. The van der Waals surface area contributed by atoms with Crippen molar-refractivity contribution in [1.29, 1.82) is 0 Å². The van der Waals surface area contributed by atoms with Gasteiger partial charge in [-0.3, -0.25) is 9.78 Å². The largest absolute Gasteiger partial charge is 0.492 e. The lowest BCUT2D eigenvalue weighted by molar-refractivity contribution is -0.184. The lowest BCUT2D eigenvalue weighted by atomic mass is 9.82. The van der Waals surface area contributed by atoms with Crippen LogP contribution < -0.4 is 9.64 Å². The third kappa shape index (κ3) is 4.99. The van der Waals surface area contributed by atoms with Gasteiger partial charge in [-0.25, -0.2) is 0 Å². The van der Waals surface area contributed by atoms with Crippen LogP contribution in [0.3, 0.4) is 0 Å². The van der Waals surface area contributed by atoms with E-state index in [0.29, 0.717) is 51.3 Å². The molecule has 166 valence electrons.